The lowest BCUT2D eigenvalue weighted by Gasteiger charge is -2.57. The SMILES string of the molecule is CCOC1CC(N)(C(=O)NCCc2cc(Cl)cc(Cl)c2)C1(C)C. The summed E-state index contributed by atoms with van der Waals surface area (Å²) in [6.07, 6.45) is 1.22. The van der Waals surface area contributed by atoms with E-state index in [0.29, 0.717) is 36.0 Å². The van der Waals surface area contributed by atoms with Crippen molar-refractivity contribution in [1.82, 2.24) is 5.32 Å². The van der Waals surface area contributed by atoms with Crippen molar-refractivity contribution in [2.45, 2.75) is 45.3 Å². The number of nitrogens with two attached hydrogens (primary N) is 1. The largest absolute Gasteiger partial charge is 0.378 e. The molecular formula is C17H24Cl2N2O2. The van der Waals surface area contributed by atoms with Crippen molar-refractivity contribution in [2.24, 2.45) is 11.1 Å². The highest BCUT2D eigenvalue weighted by atomic mass is 35.5. The van der Waals surface area contributed by atoms with Crippen LogP contribution >= 0.6 is 23.2 Å². The first-order valence-electron chi connectivity index (χ1n) is 7.84. The summed E-state index contributed by atoms with van der Waals surface area (Å²) >= 11 is 11.9. The fourth-order valence-corrected chi connectivity index (χ4v) is 3.63. The molecule has 0 bridgehead atoms. The Morgan fingerprint density at radius 1 is 1.35 bits per heavy atom. The normalized spacial score (nSPS) is 25.7. The Morgan fingerprint density at radius 2 is 1.96 bits per heavy atom. The van der Waals surface area contributed by atoms with Crippen molar-refractivity contribution in [3.05, 3.63) is 33.8 Å². The molecule has 1 saturated carbocycles. The third-order valence-electron chi connectivity index (χ3n) is 4.86. The summed E-state index contributed by atoms with van der Waals surface area (Å²) in [5, 5.41) is 4.11. The summed E-state index contributed by atoms with van der Waals surface area (Å²) in [6, 6.07) is 5.37. The number of hydrogen-bond acceptors (Lipinski definition) is 3. The van der Waals surface area contributed by atoms with Gasteiger partial charge in [0.2, 0.25) is 5.91 Å². The monoisotopic (exact) mass is 358 g/mol. The van der Waals surface area contributed by atoms with E-state index >= 15 is 0 Å². The molecule has 0 aromatic heterocycles. The fraction of sp³-hybridized carbons (Fsp3) is 0.588. The predicted molar refractivity (Wildman–Crippen MR) is 93.9 cm³/mol. The molecule has 0 aliphatic heterocycles. The van der Waals surface area contributed by atoms with Crippen LogP contribution in [0.15, 0.2) is 18.2 Å². The first-order chi connectivity index (χ1) is 10.7. The van der Waals surface area contributed by atoms with Crippen LogP contribution in [0, 0.1) is 5.41 Å². The minimum Gasteiger partial charge on any atom is -0.378 e. The second kappa shape index (κ2) is 6.98. The molecule has 0 saturated heterocycles. The molecule has 6 heteroatoms. The average molecular weight is 359 g/mol. The van der Waals surface area contributed by atoms with Gasteiger partial charge in [-0.2, -0.15) is 0 Å². The Labute approximate surface area is 147 Å². The van der Waals surface area contributed by atoms with Gasteiger partial charge in [0.1, 0.15) is 5.54 Å². The zero-order chi connectivity index (χ0) is 17.3. The molecule has 1 aromatic carbocycles. The van der Waals surface area contributed by atoms with E-state index in [-0.39, 0.29) is 17.4 Å². The molecule has 0 heterocycles. The number of halogens is 2. The molecule has 2 atom stereocenters. The van der Waals surface area contributed by atoms with Crippen molar-refractivity contribution < 1.29 is 9.53 Å². The number of hydrogen-bond donors (Lipinski definition) is 2. The molecule has 1 aromatic rings. The lowest BCUT2D eigenvalue weighted by Crippen LogP contribution is -2.75. The highest BCUT2D eigenvalue weighted by Gasteiger charge is 2.62. The van der Waals surface area contributed by atoms with Gasteiger partial charge in [0.15, 0.2) is 0 Å². The van der Waals surface area contributed by atoms with Gasteiger partial charge in [0.05, 0.1) is 6.10 Å². The Kier molecular flexibility index (Phi) is 5.62. The van der Waals surface area contributed by atoms with E-state index in [0.717, 1.165) is 5.56 Å². The van der Waals surface area contributed by atoms with Crippen molar-refractivity contribution in [3.8, 4) is 0 Å². The van der Waals surface area contributed by atoms with Crippen molar-refractivity contribution in [1.29, 1.82) is 0 Å². The number of nitrogens with one attached hydrogen (secondary N) is 1. The van der Waals surface area contributed by atoms with Gasteiger partial charge in [-0.3, -0.25) is 4.79 Å². The van der Waals surface area contributed by atoms with E-state index in [9.17, 15) is 4.79 Å². The van der Waals surface area contributed by atoms with E-state index in [1.165, 1.54) is 0 Å². The summed E-state index contributed by atoms with van der Waals surface area (Å²) in [6.45, 7) is 7.02. The van der Waals surface area contributed by atoms with Crippen LogP contribution in [0.2, 0.25) is 10.0 Å². The minimum absolute atomic E-state index is 0.0231. The van der Waals surface area contributed by atoms with Gasteiger partial charge in [-0.05, 0) is 37.1 Å². The summed E-state index contributed by atoms with van der Waals surface area (Å²) in [4.78, 5) is 12.5. The quantitative estimate of drug-likeness (QED) is 0.820. The lowest BCUT2D eigenvalue weighted by atomic mass is 9.54. The second-order valence-electron chi connectivity index (χ2n) is 6.62. The standard InChI is InChI=1S/C17H24Cl2N2O2/c1-4-23-14-10-17(20,16(14,2)3)15(22)21-6-5-11-7-12(18)9-13(19)8-11/h7-9,14H,4-6,10,20H2,1-3H3,(H,21,22). The summed E-state index contributed by atoms with van der Waals surface area (Å²) in [5.74, 6) is -0.133. The molecule has 1 fully saturated rings. The number of amides is 1. The van der Waals surface area contributed by atoms with Gasteiger partial charge in [0, 0.05) is 35.0 Å². The average Bonchev–Trinajstić information content (AvgIpc) is 2.45. The topological polar surface area (TPSA) is 64.3 Å². The molecule has 1 amide bonds. The van der Waals surface area contributed by atoms with E-state index < -0.39 is 5.54 Å². The van der Waals surface area contributed by atoms with Crippen LogP contribution in [0.4, 0.5) is 0 Å². The third-order valence-corrected chi connectivity index (χ3v) is 5.29. The summed E-state index contributed by atoms with van der Waals surface area (Å²) < 4.78 is 5.65. The summed E-state index contributed by atoms with van der Waals surface area (Å²) in [7, 11) is 0. The maximum Gasteiger partial charge on any atom is 0.240 e. The van der Waals surface area contributed by atoms with Gasteiger partial charge >= 0.3 is 0 Å². The van der Waals surface area contributed by atoms with Crippen LogP contribution in [0.3, 0.4) is 0 Å². The molecule has 0 spiro atoms. The molecule has 1 aliphatic rings. The Bertz CT molecular complexity index is 572. The lowest BCUT2D eigenvalue weighted by molar-refractivity contribution is -0.170. The second-order valence-corrected chi connectivity index (χ2v) is 7.50. The van der Waals surface area contributed by atoms with Gasteiger partial charge in [0.25, 0.3) is 0 Å². The maximum absolute atomic E-state index is 12.5. The van der Waals surface area contributed by atoms with Gasteiger partial charge in [-0.1, -0.05) is 37.0 Å². The molecule has 4 nitrogen and oxygen atoms in total. The first kappa shape index (κ1) is 18.5. The highest BCUT2D eigenvalue weighted by molar-refractivity contribution is 6.34. The zero-order valence-corrected chi connectivity index (χ0v) is 15.3. The van der Waals surface area contributed by atoms with Crippen molar-refractivity contribution >= 4 is 29.1 Å². The van der Waals surface area contributed by atoms with Crippen LogP contribution in [-0.2, 0) is 16.0 Å². The number of rotatable bonds is 6. The zero-order valence-electron chi connectivity index (χ0n) is 13.8. The molecule has 2 rings (SSSR count). The number of carbonyl (C=O) groups excluding carboxylic acids is 1. The molecule has 128 valence electrons. The Balaban J connectivity index is 1.90. The van der Waals surface area contributed by atoms with Crippen molar-refractivity contribution in [2.75, 3.05) is 13.2 Å². The molecular weight excluding hydrogens is 335 g/mol. The van der Waals surface area contributed by atoms with Crippen LogP contribution in [-0.4, -0.2) is 30.7 Å². The Hall–Kier alpha value is -0.810. The number of carbonyl (C=O) groups is 1. The molecule has 2 unspecified atom stereocenters. The third kappa shape index (κ3) is 3.66. The van der Waals surface area contributed by atoms with E-state index in [1.54, 1.807) is 6.07 Å². The molecule has 1 aliphatic carbocycles. The Morgan fingerprint density at radius 3 is 2.48 bits per heavy atom. The number of benzene rings is 1. The molecule has 3 N–H and O–H groups in total. The van der Waals surface area contributed by atoms with Gasteiger partial charge in [-0.25, -0.2) is 0 Å². The highest BCUT2D eigenvalue weighted by Crippen LogP contribution is 2.49. The van der Waals surface area contributed by atoms with Crippen molar-refractivity contribution in [3.63, 3.8) is 0 Å². The molecule has 0 radical (unpaired) electrons. The van der Waals surface area contributed by atoms with Crippen LogP contribution in [0.5, 0.6) is 0 Å². The summed E-state index contributed by atoms with van der Waals surface area (Å²) in [5.41, 5.74) is 6.05. The van der Waals surface area contributed by atoms with E-state index in [4.69, 9.17) is 33.7 Å². The fourth-order valence-electron chi connectivity index (χ4n) is 3.05. The predicted octanol–water partition coefficient (Wildman–Crippen LogP) is 3.18. The van der Waals surface area contributed by atoms with Gasteiger partial charge < -0.3 is 15.8 Å². The van der Waals surface area contributed by atoms with Crippen LogP contribution in [0.1, 0.15) is 32.8 Å². The van der Waals surface area contributed by atoms with E-state index in [1.807, 2.05) is 32.9 Å². The molecule has 23 heavy (non-hydrogen) atoms. The minimum atomic E-state index is -0.890. The van der Waals surface area contributed by atoms with Crippen LogP contribution < -0.4 is 11.1 Å². The smallest absolute Gasteiger partial charge is 0.240 e. The van der Waals surface area contributed by atoms with Crippen LogP contribution in [0.25, 0.3) is 0 Å². The number of ether oxygens (including phenoxy) is 1. The van der Waals surface area contributed by atoms with E-state index in [2.05, 4.69) is 5.32 Å². The van der Waals surface area contributed by atoms with Gasteiger partial charge in [-0.15, -0.1) is 0 Å². The first-order valence-corrected chi connectivity index (χ1v) is 8.60. The maximum atomic E-state index is 12.5.